The lowest BCUT2D eigenvalue weighted by atomic mass is 10.1. The van der Waals surface area contributed by atoms with E-state index < -0.39 is 5.82 Å². The molecule has 3 N–H and O–H groups in total. The van der Waals surface area contributed by atoms with E-state index in [9.17, 15) is 9.18 Å². The van der Waals surface area contributed by atoms with Gasteiger partial charge in [0.15, 0.2) is 0 Å². The predicted octanol–water partition coefficient (Wildman–Crippen LogP) is 1.37. The molecular weight excluding hydrogens is 235 g/mol. The summed E-state index contributed by atoms with van der Waals surface area (Å²) in [6, 6.07) is 5.85. The van der Waals surface area contributed by atoms with Crippen LogP contribution in [0.4, 0.5) is 10.1 Å². The molecular formula is C13H19FN2O2. The lowest BCUT2D eigenvalue weighted by molar-refractivity contribution is -0.115. The molecule has 0 saturated carbocycles. The van der Waals surface area contributed by atoms with Gasteiger partial charge < -0.3 is 15.7 Å². The molecule has 5 heteroatoms. The highest BCUT2D eigenvalue weighted by molar-refractivity contribution is 5.92. The third-order valence-electron chi connectivity index (χ3n) is 2.67. The van der Waals surface area contributed by atoms with Crippen molar-refractivity contribution in [3.05, 3.63) is 30.1 Å². The number of carbonyl (C=O) groups excluding carboxylic acids is 1. The van der Waals surface area contributed by atoms with Gasteiger partial charge >= 0.3 is 0 Å². The summed E-state index contributed by atoms with van der Waals surface area (Å²) < 4.78 is 13.3. The first kappa shape index (κ1) is 14.6. The number of aliphatic hydroxyl groups excluding tert-OH is 1. The molecule has 1 aromatic carbocycles. The van der Waals surface area contributed by atoms with Gasteiger partial charge in [-0.3, -0.25) is 4.79 Å². The summed E-state index contributed by atoms with van der Waals surface area (Å²) in [6.45, 7) is 3.90. The van der Waals surface area contributed by atoms with Crippen LogP contribution in [0.3, 0.4) is 0 Å². The van der Waals surface area contributed by atoms with Crippen LogP contribution in [0, 0.1) is 11.7 Å². The Morgan fingerprint density at radius 3 is 2.61 bits per heavy atom. The first-order chi connectivity index (χ1) is 8.54. The molecule has 0 heterocycles. The quantitative estimate of drug-likeness (QED) is 0.718. The Morgan fingerprint density at radius 1 is 1.39 bits per heavy atom. The third kappa shape index (κ3) is 4.43. The fourth-order valence-corrected chi connectivity index (χ4v) is 1.49. The highest BCUT2D eigenvalue weighted by atomic mass is 19.1. The van der Waals surface area contributed by atoms with Crippen LogP contribution in [-0.2, 0) is 4.79 Å². The van der Waals surface area contributed by atoms with Crippen LogP contribution in [0.5, 0.6) is 0 Å². The summed E-state index contributed by atoms with van der Waals surface area (Å²) in [4.78, 5) is 11.6. The maximum Gasteiger partial charge on any atom is 0.238 e. The molecule has 0 fully saturated rings. The van der Waals surface area contributed by atoms with Crippen LogP contribution in [0.2, 0.25) is 0 Å². The second-order valence-corrected chi connectivity index (χ2v) is 4.44. The van der Waals surface area contributed by atoms with Gasteiger partial charge in [-0.05, 0) is 18.1 Å². The third-order valence-corrected chi connectivity index (χ3v) is 2.67. The van der Waals surface area contributed by atoms with Crippen molar-refractivity contribution in [1.82, 2.24) is 5.32 Å². The SMILES string of the molecule is CC(C)[C@@H](CO)NCC(=O)Nc1ccccc1F. The van der Waals surface area contributed by atoms with E-state index >= 15 is 0 Å². The number of anilines is 1. The van der Waals surface area contributed by atoms with E-state index in [1.54, 1.807) is 12.1 Å². The molecule has 100 valence electrons. The smallest absolute Gasteiger partial charge is 0.238 e. The van der Waals surface area contributed by atoms with Crippen LogP contribution >= 0.6 is 0 Å². The lowest BCUT2D eigenvalue weighted by Crippen LogP contribution is -2.41. The molecule has 0 bridgehead atoms. The normalized spacial score (nSPS) is 12.5. The van der Waals surface area contributed by atoms with Gasteiger partial charge in [0.2, 0.25) is 5.91 Å². The molecule has 18 heavy (non-hydrogen) atoms. The first-order valence-electron chi connectivity index (χ1n) is 5.93. The molecule has 0 aromatic heterocycles. The van der Waals surface area contributed by atoms with Crippen molar-refractivity contribution in [3.63, 3.8) is 0 Å². The molecule has 0 aliphatic rings. The second kappa shape index (κ2) is 7.08. The predicted molar refractivity (Wildman–Crippen MR) is 68.7 cm³/mol. The summed E-state index contributed by atoms with van der Waals surface area (Å²) in [5, 5.41) is 14.5. The van der Waals surface area contributed by atoms with E-state index in [1.165, 1.54) is 12.1 Å². The fourth-order valence-electron chi connectivity index (χ4n) is 1.49. The Hall–Kier alpha value is -1.46. The highest BCUT2D eigenvalue weighted by Crippen LogP contribution is 2.11. The Bertz CT molecular complexity index is 396. The zero-order valence-electron chi connectivity index (χ0n) is 10.6. The average molecular weight is 254 g/mol. The zero-order valence-corrected chi connectivity index (χ0v) is 10.6. The fraction of sp³-hybridized carbons (Fsp3) is 0.462. The first-order valence-corrected chi connectivity index (χ1v) is 5.93. The minimum atomic E-state index is -0.464. The minimum absolute atomic E-state index is 0.0371. The van der Waals surface area contributed by atoms with Crippen molar-refractivity contribution >= 4 is 11.6 Å². The van der Waals surface area contributed by atoms with Crippen LogP contribution in [-0.4, -0.2) is 30.2 Å². The molecule has 4 nitrogen and oxygen atoms in total. The number of aliphatic hydroxyl groups is 1. The monoisotopic (exact) mass is 254 g/mol. The summed E-state index contributed by atoms with van der Waals surface area (Å²) >= 11 is 0. The minimum Gasteiger partial charge on any atom is -0.395 e. The molecule has 0 unspecified atom stereocenters. The average Bonchev–Trinajstić information content (AvgIpc) is 2.32. The molecule has 1 atom stereocenters. The van der Waals surface area contributed by atoms with E-state index in [-0.39, 0.29) is 36.7 Å². The van der Waals surface area contributed by atoms with Crippen molar-refractivity contribution in [2.45, 2.75) is 19.9 Å². The number of carbonyl (C=O) groups is 1. The van der Waals surface area contributed by atoms with Gasteiger partial charge in [-0.25, -0.2) is 4.39 Å². The molecule has 1 aromatic rings. The van der Waals surface area contributed by atoms with E-state index in [2.05, 4.69) is 10.6 Å². The lowest BCUT2D eigenvalue weighted by Gasteiger charge is -2.19. The van der Waals surface area contributed by atoms with E-state index in [1.807, 2.05) is 13.8 Å². The number of nitrogens with one attached hydrogen (secondary N) is 2. The number of benzene rings is 1. The van der Waals surface area contributed by atoms with Crippen LogP contribution in [0.25, 0.3) is 0 Å². The molecule has 0 aliphatic carbocycles. The summed E-state index contributed by atoms with van der Waals surface area (Å²) in [5.41, 5.74) is 0.161. The Labute approximate surface area is 106 Å². The number of rotatable bonds is 6. The van der Waals surface area contributed by atoms with Gasteiger partial charge in [0, 0.05) is 6.04 Å². The maximum atomic E-state index is 13.3. The van der Waals surface area contributed by atoms with E-state index in [4.69, 9.17) is 5.11 Å². The largest absolute Gasteiger partial charge is 0.395 e. The number of halogens is 1. The van der Waals surface area contributed by atoms with Crippen LogP contribution in [0.15, 0.2) is 24.3 Å². The van der Waals surface area contributed by atoms with Gasteiger partial charge in [0.05, 0.1) is 18.8 Å². The molecule has 1 rings (SSSR count). The molecule has 1 amide bonds. The zero-order chi connectivity index (χ0) is 13.5. The van der Waals surface area contributed by atoms with Gasteiger partial charge in [0.25, 0.3) is 0 Å². The van der Waals surface area contributed by atoms with E-state index in [0.29, 0.717) is 0 Å². The number of hydrogen-bond acceptors (Lipinski definition) is 3. The van der Waals surface area contributed by atoms with Crippen molar-refractivity contribution in [1.29, 1.82) is 0 Å². The Kier molecular flexibility index (Phi) is 5.74. The van der Waals surface area contributed by atoms with Crippen molar-refractivity contribution in [2.75, 3.05) is 18.5 Å². The van der Waals surface area contributed by atoms with Crippen molar-refractivity contribution < 1.29 is 14.3 Å². The standard InChI is InChI=1S/C13H19FN2O2/c1-9(2)12(8-17)15-7-13(18)16-11-6-4-3-5-10(11)14/h3-6,9,12,15,17H,7-8H2,1-2H3,(H,16,18)/t12-/m1/s1. The Balaban J connectivity index is 2.45. The van der Waals surface area contributed by atoms with Gasteiger partial charge in [0.1, 0.15) is 5.82 Å². The van der Waals surface area contributed by atoms with Crippen LogP contribution < -0.4 is 10.6 Å². The number of hydrogen-bond donors (Lipinski definition) is 3. The van der Waals surface area contributed by atoms with Gasteiger partial charge in [-0.1, -0.05) is 26.0 Å². The highest BCUT2D eigenvalue weighted by Gasteiger charge is 2.13. The summed E-state index contributed by atoms with van der Waals surface area (Å²) in [6.07, 6.45) is 0. The number of para-hydroxylation sites is 1. The molecule has 0 radical (unpaired) electrons. The Morgan fingerprint density at radius 2 is 2.06 bits per heavy atom. The van der Waals surface area contributed by atoms with Crippen molar-refractivity contribution in [2.24, 2.45) is 5.92 Å². The maximum absolute atomic E-state index is 13.3. The second-order valence-electron chi connectivity index (χ2n) is 4.44. The molecule has 0 aliphatic heterocycles. The van der Waals surface area contributed by atoms with Gasteiger partial charge in [-0.2, -0.15) is 0 Å². The summed E-state index contributed by atoms with van der Waals surface area (Å²) in [5.74, 6) is -0.580. The molecule has 0 saturated heterocycles. The van der Waals surface area contributed by atoms with Gasteiger partial charge in [-0.15, -0.1) is 0 Å². The van der Waals surface area contributed by atoms with Crippen molar-refractivity contribution in [3.8, 4) is 0 Å². The summed E-state index contributed by atoms with van der Waals surface area (Å²) in [7, 11) is 0. The van der Waals surface area contributed by atoms with E-state index in [0.717, 1.165) is 0 Å². The van der Waals surface area contributed by atoms with Crippen LogP contribution in [0.1, 0.15) is 13.8 Å². The number of amides is 1. The topological polar surface area (TPSA) is 61.4 Å². The molecule has 0 spiro atoms.